The standard InChI is InChI=1S/C27H49N3O2/c1-2-24(27(31)30-22-16-21-25(30)26(28)29-32)20-15-10-8-6-4-3-5-7-9-12-17-23-18-13-11-14-19-23/h2,10,15,23-25,27,31-32H,1,3-9,11-14,16-22H2,(H2,28,29)/b15-10+. The van der Waals surface area contributed by atoms with Crippen LogP contribution in [0.15, 0.2) is 30.0 Å². The highest BCUT2D eigenvalue weighted by Gasteiger charge is 2.35. The van der Waals surface area contributed by atoms with Crippen molar-refractivity contribution < 1.29 is 10.3 Å². The van der Waals surface area contributed by atoms with Crippen molar-refractivity contribution in [2.45, 2.75) is 121 Å². The molecule has 1 aliphatic heterocycles. The molecular weight excluding hydrogens is 398 g/mol. The van der Waals surface area contributed by atoms with Gasteiger partial charge < -0.3 is 16.0 Å². The van der Waals surface area contributed by atoms with E-state index in [1.165, 1.54) is 83.5 Å². The number of likely N-dealkylation sites (tertiary alicyclic amines) is 1. The van der Waals surface area contributed by atoms with Crippen molar-refractivity contribution in [2.75, 3.05) is 6.54 Å². The van der Waals surface area contributed by atoms with E-state index in [0.29, 0.717) is 0 Å². The van der Waals surface area contributed by atoms with Crippen LogP contribution >= 0.6 is 0 Å². The Morgan fingerprint density at radius 2 is 1.66 bits per heavy atom. The Hall–Kier alpha value is -1.33. The summed E-state index contributed by atoms with van der Waals surface area (Å²) >= 11 is 0. The van der Waals surface area contributed by atoms with E-state index in [0.717, 1.165) is 38.1 Å². The average molecular weight is 448 g/mol. The maximum atomic E-state index is 10.8. The summed E-state index contributed by atoms with van der Waals surface area (Å²) in [4.78, 5) is 1.93. The number of unbranched alkanes of at least 4 members (excludes halogenated alkanes) is 7. The number of rotatable bonds is 16. The molecule has 0 radical (unpaired) electrons. The fraction of sp³-hybridized carbons (Fsp3) is 0.815. The maximum Gasteiger partial charge on any atom is 0.156 e. The van der Waals surface area contributed by atoms with E-state index < -0.39 is 6.23 Å². The number of hydrogen-bond donors (Lipinski definition) is 3. The Labute approximate surface area is 196 Å². The summed E-state index contributed by atoms with van der Waals surface area (Å²) in [6.07, 6.45) is 27.7. The largest absolute Gasteiger partial charge is 0.409 e. The van der Waals surface area contributed by atoms with Crippen LogP contribution in [0.5, 0.6) is 0 Å². The normalized spacial score (nSPS) is 23.0. The van der Waals surface area contributed by atoms with E-state index in [-0.39, 0.29) is 17.8 Å². The first-order valence-electron chi connectivity index (χ1n) is 13.4. The van der Waals surface area contributed by atoms with E-state index in [9.17, 15) is 5.11 Å². The van der Waals surface area contributed by atoms with Gasteiger partial charge in [0.15, 0.2) is 5.84 Å². The molecule has 5 nitrogen and oxygen atoms in total. The molecule has 184 valence electrons. The van der Waals surface area contributed by atoms with Gasteiger partial charge in [-0.3, -0.25) is 4.90 Å². The van der Waals surface area contributed by atoms with E-state index in [1.807, 2.05) is 11.0 Å². The number of amidine groups is 1. The second-order valence-corrected chi connectivity index (χ2v) is 10.00. The van der Waals surface area contributed by atoms with Gasteiger partial charge in [0.1, 0.15) is 6.23 Å². The minimum absolute atomic E-state index is 0.0491. The lowest BCUT2D eigenvalue weighted by molar-refractivity contribution is -0.0216. The smallest absolute Gasteiger partial charge is 0.156 e. The molecule has 4 N–H and O–H groups in total. The Balaban J connectivity index is 1.49. The van der Waals surface area contributed by atoms with Gasteiger partial charge in [-0.15, -0.1) is 6.58 Å². The molecule has 0 aromatic carbocycles. The third-order valence-corrected chi connectivity index (χ3v) is 7.56. The van der Waals surface area contributed by atoms with E-state index >= 15 is 0 Å². The van der Waals surface area contributed by atoms with Crippen LogP contribution in [0.25, 0.3) is 0 Å². The summed E-state index contributed by atoms with van der Waals surface area (Å²) < 4.78 is 0. The summed E-state index contributed by atoms with van der Waals surface area (Å²) in [5, 5.41) is 22.9. The fourth-order valence-electron chi connectivity index (χ4n) is 5.50. The van der Waals surface area contributed by atoms with Crippen molar-refractivity contribution in [2.24, 2.45) is 22.7 Å². The van der Waals surface area contributed by atoms with E-state index in [4.69, 9.17) is 10.9 Å². The number of hydrogen-bond acceptors (Lipinski definition) is 4. The lowest BCUT2D eigenvalue weighted by atomic mass is 9.85. The first kappa shape index (κ1) is 26.9. The predicted molar refractivity (Wildman–Crippen MR) is 135 cm³/mol. The second kappa shape index (κ2) is 16.3. The Morgan fingerprint density at radius 3 is 2.34 bits per heavy atom. The average Bonchev–Trinajstić information content (AvgIpc) is 3.32. The molecule has 1 aliphatic carbocycles. The van der Waals surface area contributed by atoms with Crippen LogP contribution in [0, 0.1) is 11.8 Å². The third-order valence-electron chi connectivity index (χ3n) is 7.56. The number of aliphatic hydroxyl groups excluding tert-OH is 1. The molecule has 3 atom stereocenters. The van der Waals surface area contributed by atoms with Crippen LogP contribution < -0.4 is 5.73 Å². The molecule has 2 aliphatic rings. The summed E-state index contributed by atoms with van der Waals surface area (Å²) in [5.74, 6) is 1.18. The fourth-order valence-corrected chi connectivity index (χ4v) is 5.50. The van der Waals surface area contributed by atoms with Crippen LogP contribution in [0.2, 0.25) is 0 Å². The molecule has 3 unspecified atom stereocenters. The highest BCUT2D eigenvalue weighted by atomic mass is 16.4. The molecule has 1 saturated heterocycles. The zero-order valence-corrected chi connectivity index (χ0v) is 20.3. The van der Waals surface area contributed by atoms with Crippen molar-refractivity contribution in [3.05, 3.63) is 24.8 Å². The lowest BCUT2D eigenvalue weighted by Gasteiger charge is -2.32. The maximum absolute atomic E-state index is 10.8. The minimum atomic E-state index is -0.650. The molecular formula is C27H49N3O2. The van der Waals surface area contributed by atoms with Crippen LogP contribution in [0.4, 0.5) is 0 Å². The van der Waals surface area contributed by atoms with Gasteiger partial charge in [-0.25, -0.2) is 0 Å². The Bertz CT molecular complexity index is 557. The van der Waals surface area contributed by atoms with Crippen molar-refractivity contribution in [3.63, 3.8) is 0 Å². The topological polar surface area (TPSA) is 82.1 Å². The highest BCUT2D eigenvalue weighted by molar-refractivity contribution is 5.85. The van der Waals surface area contributed by atoms with Crippen molar-refractivity contribution >= 4 is 5.84 Å². The first-order valence-corrected chi connectivity index (χ1v) is 13.4. The van der Waals surface area contributed by atoms with Gasteiger partial charge in [0.2, 0.25) is 0 Å². The van der Waals surface area contributed by atoms with Crippen LogP contribution in [-0.2, 0) is 0 Å². The molecule has 2 rings (SSSR count). The van der Waals surface area contributed by atoms with Crippen LogP contribution in [-0.4, -0.2) is 39.9 Å². The van der Waals surface area contributed by atoms with Crippen LogP contribution in [0.3, 0.4) is 0 Å². The van der Waals surface area contributed by atoms with Gasteiger partial charge in [-0.05, 0) is 38.0 Å². The quantitative estimate of drug-likeness (QED) is 0.0642. The lowest BCUT2D eigenvalue weighted by Crippen LogP contribution is -2.48. The van der Waals surface area contributed by atoms with Crippen LogP contribution in [0.1, 0.15) is 109 Å². The number of oxime groups is 1. The SMILES string of the molecule is C=CC(C/C=C/CCCCCCCCCC1CCCCC1)C(O)N1CCCC1/C(N)=N/O. The molecule has 0 bridgehead atoms. The Kier molecular flexibility index (Phi) is 13.7. The van der Waals surface area contributed by atoms with Crippen molar-refractivity contribution in [3.8, 4) is 0 Å². The van der Waals surface area contributed by atoms with E-state index in [2.05, 4.69) is 23.9 Å². The monoisotopic (exact) mass is 447 g/mol. The van der Waals surface area contributed by atoms with Gasteiger partial charge in [-0.1, -0.05) is 100 Å². The number of nitrogens with zero attached hydrogens (tertiary/aromatic N) is 2. The summed E-state index contributed by atoms with van der Waals surface area (Å²) in [6.45, 7) is 4.67. The molecule has 5 heteroatoms. The zero-order valence-electron chi connectivity index (χ0n) is 20.3. The second-order valence-electron chi connectivity index (χ2n) is 10.00. The summed E-state index contributed by atoms with van der Waals surface area (Å²) in [5.41, 5.74) is 5.80. The summed E-state index contributed by atoms with van der Waals surface area (Å²) in [7, 11) is 0. The molecule has 0 aromatic heterocycles. The zero-order chi connectivity index (χ0) is 23.0. The number of nitrogens with two attached hydrogens (primary N) is 1. The first-order chi connectivity index (χ1) is 15.7. The predicted octanol–water partition coefficient (Wildman–Crippen LogP) is 6.36. The van der Waals surface area contributed by atoms with Gasteiger partial charge >= 0.3 is 0 Å². The summed E-state index contributed by atoms with van der Waals surface area (Å²) in [6, 6.07) is -0.186. The number of allylic oxidation sites excluding steroid dienone is 2. The van der Waals surface area contributed by atoms with Gasteiger partial charge in [0.25, 0.3) is 0 Å². The molecule has 0 amide bonds. The Morgan fingerprint density at radius 1 is 0.969 bits per heavy atom. The number of aliphatic hydroxyl groups is 1. The third kappa shape index (κ3) is 9.66. The molecule has 1 heterocycles. The molecule has 0 spiro atoms. The van der Waals surface area contributed by atoms with E-state index in [1.54, 1.807) is 0 Å². The minimum Gasteiger partial charge on any atom is -0.409 e. The van der Waals surface area contributed by atoms with Crippen molar-refractivity contribution in [1.82, 2.24) is 4.90 Å². The van der Waals surface area contributed by atoms with Crippen molar-refractivity contribution in [1.29, 1.82) is 0 Å². The molecule has 32 heavy (non-hydrogen) atoms. The molecule has 0 aromatic rings. The molecule has 1 saturated carbocycles. The molecule has 2 fully saturated rings. The van der Waals surface area contributed by atoms with Gasteiger partial charge in [0.05, 0.1) is 6.04 Å². The highest BCUT2D eigenvalue weighted by Crippen LogP contribution is 2.28. The van der Waals surface area contributed by atoms with Gasteiger partial charge in [0, 0.05) is 12.5 Å². The van der Waals surface area contributed by atoms with Gasteiger partial charge in [-0.2, -0.15) is 0 Å².